The van der Waals surface area contributed by atoms with E-state index in [1.54, 1.807) is 0 Å². The molecule has 50 heavy (non-hydrogen) atoms. The summed E-state index contributed by atoms with van der Waals surface area (Å²) in [5, 5.41) is 0. The van der Waals surface area contributed by atoms with Gasteiger partial charge < -0.3 is 14.4 Å². The monoisotopic (exact) mass is 671 g/mol. The Kier molecular flexibility index (Phi) is 8.41. The van der Waals surface area contributed by atoms with Crippen LogP contribution in [0.5, 0.6) is 11.5 Å². The fraction of sp³-hybridized carbons (Fsp3) is 0.422. The molecule has 0 N–H and O–H groups in total. The van der Waals surface area contributed by atoms with Gasteiger partial charge in [-0.15, -0.1) is 0 Å². The first-order chi connectivity index (χ1) is 23.1. The Bertz CT molecular complexity index is 1830. The molecule has 2 unspecified atom stereocenters. The molecule has 5 nitrogen and oxygen atoms in total. The zero-order valence-corrected chi connectivity index (χ0v) is 32.2. The maximum absolute atomic E-state index is 13.4. The summed E-state index contributed by atoms with van der Waals surface area (Å²) >= 11 is 0. The van der Waals surface area contributed by atoms with Crippen molar-refractivity contribution in [2.45, 2.75) is 117 Å². The number of esters is 2. The summed E-state index contributed by atoms with van der Waals surface area (Å²) in [6.07, 6.45) is 0. The van der Waals surface area contributed by atoms with Gasteiger partial charge in [-0.25, -0.2) is 0 Å². The summed E-state index contributed by atoms with van der Waals surface area (Å²) in [4.78, 5) is 29.0. The third kappa shape index (κ3) is 6.36. The lowest BCUT2D eigenvalue weighted by atomic mass is 9.77. The topological polar surface area (TPSA) is 55.8 Å². The van der Waals surface area contributed by atoms with Gasteiger partial charge in [0.2, 0.25) is 0 Å². The highest BCUT2D eigenvalue weighted by Gasteiger charge is 2.41. The Morgan fingerprint density at radius 2 is 0.800 bits per heavy atom. The van der Waals surface area contributed by atoms with Crippen LogP contribution >= 0.6 is 0 Å². The van der Waals surface area contributed by atoms with Crippen LogP contribution in [0.25, 0.3) is 0 Å². The first kappa shape index (κ1) is 35.4. The molecule has 2 atom stereocenters. The normalized spacial score (nSPS) is 17.7. The molecule has 2 aliphatic heterocycles. The van der Waals surface area contributed by atoms with Crippen molar-refractivity contribution in [1.82, 2.24) is 0 Å². The molecular formula is C45H53NO4. The highest BCUT2D eigenvalue weighted by molar-refractivity contribution is 5.91. The standard InChI is InChI=1S/C45H53NO4/c1-42(2,3)28-22-32-36(40(47)49-38(32)34(24-28)44(7,8)9)26-14-18-30(19-15-26)46(13)31-20-16-27(17-21-31)37-33-23-29(43(4,5)6)25-35(45(10,11)12)39(33)50-41(37)48/h14-25,36-37H,1-13H3. The number of benzene rings is 4. The maximum Gasteiger partial charge on any atom is 0.323 e. The lowest BCUT2D eigenvalue weighted by Crippen LogP contribution is -2.17. The van der Waals surface area contributed by atoms with Crippen LogP contribution in [0.1, 0.15) is 139 Å². The third-order valence-corrected chi connectivity index (χ3v) is 10.3. The molecule has 4 aromatic rings. The van der Waals surface area contributed by atoms with Crippen LogP contribution in [0.2, 0.25) is 0 Å². The predicted octanol–water partition coefficient (Wildman–Crippen LogP) is 10.7. The van der Waals surface area contributed by atoms with E-state index in [-0.39, 0.29) is 33.6 Å². The highest BCUT2D eigenvalue weighted by Crippen LogP contribution is 2.49. The second-order valence-corrected chi connectivity index (χ2v) is 18.3. The predicted molar refractivity (Wildman–Crippen MR) is 204 cm³/mol. The van der Waals surface area contributed by atoms with Crippen molar-refractivity contribution in [2.24, 2.45) is 0 Å². The molecule has 4 aromatic carbocycles. The average Bonchev–Trinajstić information content (AvgIpc) is 3.52. The third-order valence-electron chi connectivity index (χ3n) is 10.3. The number of ether oxygens (including phenoxy) is 2. The van der Waals surface area contributed by atoms with Gasteiger partial charge in [-0.05, 0) is 68.2 Å². The van der Waals surface area contributed by atoms with Gasteiger partial charge in [-0.2, -0.15) is 0 Å². The fourth-order valence-electron chi connectivity index (χ4n) is 7.07. The van der Waals surface area contributed by atoms with Gasteiger partial charge in [0.25, 0.3) is 0 Å². The van der Waals surface area contributed by atoms with Gasteiger partial charge in [-0.1, -0.05) is 132 Å². The molecule has 0 amide bonds. The molecule has 0 aliphatic carbocycles. The van der Waals surface area contributed by atoms with E-state index in [1.165, 1.54) is 11.1 Å². The fourth-order valence-corrected chi connectivity index (χ4v) is 7.07. The van der Waals surface area contributed by atoms with Crippen molar-refractivity contribution >= 4 is 23.3 Å². The molecule has 0 fully saturated rings. The molecule has 262 valence electrons. The van der Waals surface area contributed by atoms with E-state index in [0.717, 1.165) is 44.8 Å². The Hall–Kier alpha value is -4.38. The molecule has 6 rings (SSSR count). The number of hydrogen-bond donors (Lipinski definition) is 0. The van der Waals surface area contributed by atoms with E-state index in [0.29, 0.717) is 11.5 Å². The van der Waals surface area contributed by atoms with Crippen LogP contribution in [0, 0.1) is 0 Å². The van der Waals surface area contributed by atoms with Crippen molar-refractivity contribution in [2.75, 3.05) is 11.9 Å². The smallest absolute Gasteiger partial charge is 0.323 e. The Morgan fingerprint density at radius 1 is 0.480 bits per heavy atom. The van der Waals surface area contributed by atoms with E-state index in [4.69, 9.17) is 9.47 Å². The number of hydrogen-bond acceptors (Lipinski definition) is 5. The number of rotatable bonds is 4. The van der Waals surface area contributed by atoms with Gasteiger partial charge >= 0.3 is 11.9 Å². The Morgan fingerprint density at radius 3 is 1.08 bits per heavy atom. The highest BCUT2D eigenvalue weighted by atomic mass is 16.5. The van der Waals surface area contributed by atoms with Crippen LogP contribution < -0.4 is 14.4 Å². The zero-order valence-electron chi connectivity index (χ0n) is 32.2. The van der Waals surface area contributed by atoms with Gasteiger partial charge in [0.05, 0.1) is 0 Å². The molecule has 0 saturated heterocycles. The number of fused-ring (bicyclic) bond motifs is 2. The van der Waals surface area contributed by atoms with Crippen LogP contribution in [-0.2, 0) is 31.2 Å². The van der Waals surface area contributed by atoms with E-state index in [1.807, 2.05) is 31.3 Å². The van der Waals surface area contributed by atoms with Crippen LogP contribution in [0.15, 0.2) is 72.8 Å². The second kappa shape index (κ2) is 11.9. The molecule has 0 aromatic heterocycles. The minimum absolute atomic E-state index is 0.0699. The first-order valence-electron chi connectivity index (χ1n) is 17.8. The average molecular weight is 672 g/mol. The molecular weight excluding hydrogens is 618 g/mol. The first-order valence-corrected chi connectivity index (χ1v) is 17.8. The SMILES string of the molecule is CN(c1ccc(C2C(=O)Oc3c2cc(C(C)(C)C)cc3C(C)(C)C)cc1)c1ccc(C2C(=O)Oc3c2cc(C(C)(C)C)cc3C(C)(C)C)cc1. The van der Waals surface area contributed by atoms with Crippen LogP contribution in [-0.4, -0.2) is 19.0 Å². The van der Waals surface area contributed by atoms with E-state index < -0.39 is 11.8 Å². The molecule has 0 radical (unpaired) electrons. The number of anilines is 2. The molecule has 2 heterocycles. The zero-order chi connectivity index (χ0) is 36.7. The molecule has 0 bridgehead atoms. The molecule has 0 spiro atoms. The van der Waals surface area contributed by atoms with Crippen molar-refractivity contribution in [1.29, 1.82) is 0 Å². The van der Waals surface area contributed by atoms with Crippen LogP contribution in [0.3, 0.4) is 0 Å². The summed E-state index contributed by atoms with van der Waals surface area (Å²) in [6.45, 7) is 26.2. The van der Waals surface area contributed by atoms with Crippen molar-refractivity contribution in [3.8, 4) is 11.5 Å². The van der Waals surface area contributed by atoms with Crippen LogP contribution in [0.4, 0.5) is 11.4 Å². The van der Waals surface area contributed by atoms with Crippen molar-refractivity contribution < 1.29 is 19.1 Å². The Balaban J connectivity index is 1.29. The van der Waals surface area contributed by atoms with Gasteiger partial charge in [-0.3, -0.25) is 9.59 Å². The maximum atomic E-state index is 13.4. The summed E-state index contributed by atoms with van der Waals surface area (Å²) in [7, 11) is 2.03. The van der Waals surface area contributed by atoms with Crippen molar-refractivity contribution in [3.63, 3.8) is 0 Å². The second-order valence-electron chi connectivity index (χ2n) is 18.3. The van der Waals surface area contributed by atoms with Gasteiger partial charge in [0.1, 0.15) is 23.3 Å². The van der Waals surface area contributed by atoms with E-state index in [9.17, 15) is 9.59 Å². The molecule has 0 saturated carbocycles. The summed E-state index contributed by atoms with van der Waals surface area (Å²) < 4.78 is 12.0. The number of carbonyl (C=O) groups excluding carboxylic acids is 2. The van der Waals surface area contributed by atoms with E-state index >= 15 is 0 Å². The lowest BCUT2D eigenvalue weighted by Gasteiger charge is -2.27. The lowest BCUT2D eigenvalue weighted by molar-refractivity contribution is -0.134. The largest absolute Gasteiger partial charge is 0.425 e. The van der Waals surface area contributed by atoms with Gasteiger partial charge in [0, 0.05) is 40.7 Å². The minimum Gasteiger partial charge on any atom is -0.425 e. The summed E-state index contributed by atoms with van der Waals surface area (Å²) in [6, 6.07) is 25.1. The quantitative estimate of drug-likeness (QED) is 0.160. The van der Waals surface area contributed by atoms with E-state index in [2.05, 4.69) is 137 Å². The molecule has 5 heteroatoms. The summed E-state index contributed by atoms with van der Waals surface area (Å²) in [5.74, 6) is 0.00556. The Labute approximate surface area is 299 Å². The summed E-state index contributed by atoms with van der Waals surface area (Å²) in [5.41, 5.74) is 9.73. The molecule has 2 aliphatic rings. The minimum atomic E-state index is -0.473. The number of carbonyl (C=O) groups is 2. The number of nitrogens with zero attached hydrogens (tertiary/aromatic N) is 1. The van der Waals surface area contributed by atoms with Crippen molar-refractivity contribution in [3.05, 3.63) is 117 Å². The van der Waals surface area contributed by atoms with Gasteiger partial charge in [0.15, 0.2) is 0 Å².